The van der Waals surface area contributed by atoms with Crippen LogP contribution in [0.3, 0.4) is 0 Å². The molecule has 5 nitrogen and oxygen atoms in total. The van der Waals surface area contributed by atoms with Gasteiger partial charge in [0.05, 0.1) is 24.1 Å². The molecule has 0 aliphatic carbocycles. The number of hydrogen-bond donors (Lipinski definition) is 3. The van der Waals surface area contributed by atoms with Gasteiger partial charge >= 0.3 is 0 Å². The number of fused-ring (bicyclic) bond motifs is 1. The Bertz CT molecular complexity index is 746. The van der Waals surface area contributed by atoms with E-state index in [0.717, 1.165) is 22.0 Å². The highest BCUT2D eigenvalue weighted by atomic mass is 16.3. The molecule has 3 N–H and O–H groups in total. The Labute approximate surface area is 142 Å². The molecule has 24 heavy (non-hydrogen) atoms. The molecule has 1 aliphatic rings. The minimum absolute atomic E-state index is 0.00904. The first kappa shape index (κ1) is 16.7. The summed E-state index contributed by atoms with van der Waals surface area (Å²) in [4.78, 5) is 17.8. The molecule has 0 spiro atoms. The van der Waals surface area contributed by atoms with E-state index in [4.69, 9.17) is 0 Å². The Hall–Kier alpha value is -2.11. The number of hydrogen-bond acceptors (Lipinski definition) is 3. The fourth-order valence-corrected chi connectivity index (χ4v) is 3.47. The summed E-state index contributed by atoms with van der Waals surface area (Å²) in [6.07, 6.45) is 3.95. The van der Waals surface area contributed by atoms with Gasteiger partial charge in [0.25, 0.3) is 0 Å². The standard InChI is InChI=1S/C19H25N3O2/c1-3-22(4-2)19(24)14-10-16(17(12-23)21-11-14)15-7-5-6-13-8-9-20-18(13)15/h5-10,14,17,20-21,23H,3-4,11-12H2,1-2H3/t14-,17-/m1/s1. The van der Waals surface area contributed by atoms with Gasteiger partial charge in [-0.05, 0) is 30.9 Å². The van der Waals surface area contributed by atoms with Crippen LogP contribution in [0.1, 0.15) is 19.4 Å². The lowest BCUT2D eigenvalue weighted by Crippen LogP contribution is -2.46. The van der Waals surface area contributed by atoms with E-state index in [0.29, 0.717) is 19.6 Å². The van der Waals surface area contributed by atoms with Gasteiger partial charge in [-0.2, -0.15) is 0 Å². The summed E-state index contributed by atoms with van der Waals surface area (Å²) in [6, 6.07) is 7.98. The quantitative estimate of drug-likeness (QED) is 0.787. The zero-order valence-corrected chi connectivity index (χ0v) is 14.2. The van der Waals surface area contributed by atoms with Crippen molar-refractivity contribution in [1.29, 1.82) is 0 Å². The SMILES string of the molecule is CCN(CC)C(=O)[C@@H]1C=C(c2cccc3cc[nH]c23)[C@@H](CO)NC1. The molecule has 2 aromatic rings. The first-order valence-electron chi connectivity index (χ1n) is 8.60. The van der Waals surface area contributed by atoms with Crippen molar-refractivity contribution in [3.63, 3.8) is 0 Å². The highest BCUT2D eigenvalue weighted by Gasteiger charge is 2.29. The molecule has 0 saturated carbocycles. The normalized spacial score (nSPS) is 20.9. The third-order valence-corrected chi connectivity index (χ3v) is 4.81. The third-order valence-electron chi connectivity index (χ3n) is 4.81. The summed E-state index contributed by atoms with van der Waals surface area (Å²) in [6.45, 7) is 5.99. The second-order valence-electron chi connectivity index (χ2n) is 6.13. The predicted molar refractivity (Wildman–Crippen MR) is 96.6 cm³/mol. The Kier molecular flexibility index (Phi) is 5.02. The molecule has 1 aromatic heterocycles. The van der Waals surface area contributed by atoms with Crippen molar-refractivity contribution in [2.45, 2.75) is 19.9 Å². The molecule has 2 atom stereocenters. The number of amides is 1. The van der Waals surface area contributed by atoms with Crippen LogP contribution in [0.15, 0.2) is 36.5 Å². The van der Waals surface area contributed by atoms with E-state index in [1.54, 1.807) is 0 Å². The zero-order chi connectivity index (χ0) is 17.1. The van der Waals surface area contributed by atoms with Gasteiger partial charge < -0.3 is 20.3 Å². The van der Waals surface area contributed by atoms with E-state index in [1.165, 1.54) is 0 Å². The van der Waals surface area contributed by atoms with Gasteiger partial charge in [0.2, 0.25) is 5.91 Å². The van der Waals surface area contributed by atoms with E-state index < -0.39 is 0 Å². The maximum absolute atomic E-state index is 12.7. The highest BCUT2D eigenvalue weighted by molar-refractivity contribution is 5.94. The van der Waals surface area contributed by atoms with Crippen LogP contribution < -0.4 is 5.32 Å². The Balaban J connectivity index is 2.02. The zero-order valence-electron chi connectivity index (χ0n) is 14.2. The lowest BCUT2D eigenvalue weighted by Gasteiger charge is -2.31. The number of nitrogens with zero attached hydrogens (tertiary/aromatic N) is 1. The molecule has 0 unspecified atom stereocenters. The number of rotatable bonds is 5. The summed E-state index contributed by atoms with van der Waals surface area (Å²) in [5.74, 6) is -0.0621. The number of nitrogens with one attached hydrogen (secondary N) is 2. The number of aliphatic hydroxyl groups excluding tert-OH is 1. The Morgan fingerprint density at radius 3 is 2.79 bits per heavy atom. The van der Waals surface area contributed by atoms with Gasteiger partial charge in [-0.1, -0.05) is 24.3 Å². The van der Waals surface area contributed by atoms with Gasteiger partial charge in [-0.3, -0.25) is 4.79 Å². The van der Waals surface area contributed by atoms with E-state index >= 15 is 0 Å². The number of H-pyrrole nitrogens is 1. The number of carbonyl (C=O) groups excluding carboxylic acids is 1. The van der Waals surface area contributed by atoms with Gasteiger partial charge in [0, 0.05) is 31.4 Å². The van der Waals surface area contributed by atoms with Crippen LogP contribution in [0.5, 0.6) is 0 Å². The first-order chi connectivity index (χ1) is 11.7. The highest BCUT2D eigenvalue weighted by Crippen LogP contribution is 2.30. The summed E-state index contributed by atoms with van der Waals surface area (Å²) >= 11 is 0. The lowest BCUT2D eigenvalue weighted by atomic mass is 9.89. The first-order valence-corrected chi connectivity index (χ1v) is 8.60. The van der Waals surface area contributed by atoms with Crippen LogP contribution in [-0.4, -0.2) is 53.2 Å². The average Bonchev–Trinajstić information content (AvgIpc) is 3.10. The topological polar surface area (TPSA) is 68.4 Å². The maximum atomic E-state index is 12.7. The second kappa shape index (κ2) is 7.20. The molecule has 1 amide bonds. The maximum Gasteiger partial charge on any atom is 0.230 e. The summed E-state index contributed by atoms with van der Waals surface area (Å²) < 4.78 is 0. The van der Waals surface area contributed by atoms with E-state index in [2.05, 4.69) is 16.4 Å². The molecule has 3 rings (SSSR count). The number of aromatic nitrogens is 1. The molecule has 128 valence electrons. The van der Waals surface area contributed by atoms with Crippen molar-refractivity contribution in [3.8, 4) is 0 Å². The number of aliphatic hydroxyl groups is 1. The van der Waals surface area contributed by atoms with Gasteiger partial charge in [0.1, 0.15) is 0 Å². The molecule has 0 bridgehead atoms. The van der Waals surface area contributed by atoms with Crippen molar-refractivity contribution in [2.24, 2.45) is 5.92 Å². The molecule has 0 fully saturated rings. The van der Waals surface area contributed by atoms with Crippen molar-refractivity contribution < 1.29 is 9.90 Å². The molecule has 0 saturated heterocycles. The van der Waals surface area contributed by atoms with Gasteiger partial charge in [0.15, 0.2) is 0 Å². The smallest absolute Gasteiger partial charge is 0.230 e. The van der Waals surface area contributed by atoms with Gasteiger partial charge in [-0.25, -0.2) is 0 Å². The van der Waals surface area contributed by atoms with E-state index in [-0.39, 0.29) is 24.5 Å². The Morgan fingerprint density at radius 1 is 1.29 bits per heavy atom. The van der Waals surface area contributed by atoms with E-state index in [1.807, 2.05) is 49.2 Å². The largest absolute Gasteiger partial charge is 0.394 e. The minimum atomic E-state index is -0.201. The third kappa shape index (κ3) is 2.97. The van der Waals surface area contributed by atoms with Crippen molar-refractivity contribution >= 4 is 22.4 Å². The minimum Gasteiger partial charge on any atom is -0.394 e. The average molecular weight is 327 g/mol. The van der Waals surface area contributed by atoms with Crippen molar-refractivity contribution in [2.75, 3.05) is 26.2 Å². The lowest BCUT2D eigenvalue weighted by molar-refractivity contribution is -0.133. The van der Waals surface area contributed by atoms with Crippen LogP contribution in [0.25, 0.3) is 16.5 Å². The van der Waals surface area contributed by atoms with Gasteiger partial charge in [-0.15, -0.1) is 0 Å². The number of para-hydroxylation sites is 1. The van der Waals surface area contributed by atoms with Crippen LogP contribution in [0.4, 0.5) is 0 Å². The monoisotopic (exact) mass is 327 g/mol. The molecular weight excluding hydrogens is 302 g/mol. The number of benzene rings is 1. The molecule has 5 heteroatoms. The fraction of sp³-hybridized carbons (Fsp3) is 0.421. The fourth-order valence-electron chi connectivity index (χ4n) is 3.47. The van der Waals surface area contributed by atoms with Crippen LogP contribution in [0, 0.1) is 5.92 Å². The molecule has 1 aliphatic heterocycles. The molecule has 1 aromatic carbocycles. The van der Waals surface area contributed by atoms with E-state index in [9.17, 15) is 9.90 Å². The number of carbonyl (C=O) groups is 1. The predicted octanol–water partition coefficient (Wildman–Crippen LogP) is 2.00. The summed E-state index contributed by atoms with van der Waals surface area (Å²) in [5, 5.41) is 14.2. The Morgan fingerprint density at radius 2 is 2.08 bits per heavy atom. The van der Waals surface area contributed by atoms with Crippen LogP contribution in [-0.2, 0) is 4.79 Å². The second-order valence-corrected chi connectivity index (χ2v) is 6.13. The van der Waals surface area contributed by atoms with Crippen LogP contribution in [0.2, 0.25) is 0 Å². The summed E-state index contributed by atoms with van der Waals surface area (Å²) in [5.41, 5.74) is 3.07. The number of aromatic amines is 1. The summed E-state index contributed by atoms with van der Waals surface area (Å²) in [7, 11) is 0. The molecular formula is C19H25N3O2. The van der Waals surface area contributed by atoms with Crippen LogP contribution >= 0.6 is 0 Å². The molecule has 0 radical (unpaired) electrons. The van der Waals surface area contributed by atoms with Crippen molar-refractivity contribution in [3.05, 3.63) is 42.1 Å². The molecule has 2 heterocycles. The van der Waals surface area contributed by atoms with Crippen molar-refractivity contribution in [1.82, 2.24) is 15.2 Å².